The van der Waals surface area contributed by atoms with Crippen molar-refractivity contribution in [2.24, 2.45) is 0 Å². The van der Waals surface area contributed by atoms with Gasteiger partial charge in [0.15, 0.2) is 11.5 Å². The van der Waals surface area contributed by atoms with Crippen molar-refractivity contribution in [1.29, 1.82) is 0 Å². The molecule has 1 atom stereocenters. The Morgan fingerprint density at radius 3 is 2.00 bits per heavy atom. The molecule has 2 aliphatic carbocycles. The van der Waals surface area contributed by atoms with Gasteiger partial charge in [0.1, 0.15) is 10.4 Å². The SMILES string of the molecule is C1=CC2=C(CC1)NC(c1ccc(-c3ccc4c(c3)Oc3cc(-c5ccc(-c6nc7c(s6)C=CCC7)cc5)ccc3N4c3ccccc3)cc1)S2. The number of hydrogen-bond donors (Lipinski definition) is 1. The van der Waals surface area contributed by atoms with Crippen LogP contribution >= 0.6 is 23.1 Å². The maximum atomic E-state index is 6.77. The zero-order valence-electron chi connectivity index (χ0n) is 27.3. The largest absolute Gasteiger partial charge is 0.453 e. The van der Waals surface area contributed by atoms with Gasteiger partial charge in [-0.1, -0.05) is 109 Å². The third-order valence-corrected chi connectivity index (χ3v) is 12.2. The number of nitrogens with one attached hydrogen (secondary N) is 1. The third kappa shape index (κ3) is 5.27. The number of para-hydroxylation sites is 1. The van der Waals surface area contributed by atoms with Crippen LogP contribution in [0.25, 0.3) is 38.9 Å². The van der Waals surface area contributed by atoms with Crippen LogP contribution in [0.15, 0.2) is 144 Å². The summed E-state index contributed by atoms with van der Waals surface area (Å²) in [5, 5.41) is 5.09. The van der Waals surface area contributed by atoms with E-state index >= 15 is 0 Å². The molecule has 1 aromatic heterocycles. The number of nitrogens with zero attached hydrogens (tertiary/aromatic N) is 2. The van der Waals surface area contributed by atoms with Crippen LogP contribution in [0, 0.1) is 0 Å². The van der Waals surface area contributed by atoms with E-state index in [-0.39, 0.29) is 5.37 Å². The first-order valence-electron chi connectivity index (χ1n) is 17.2. The van der Waals surface area contributed by atoms with Gasteiger partial charge in [-0.3, -0.25) is 0 Å². The Morgan fingerprint density at radius 2 is 1.30 bits per heavy atom. The molecule has 0 spiro atoms. The van der Waals surface area contributed by atoms with Gasteiger partial charge in [-0.15, -0.1) is 11.3 Å². The Morgan fingerprint density at radius 1 is 0.660 bits per heavy atom. The van der Waals surface area contributed by atoms with Crippen molar-refractivity contribution in [2.75, 3.05) is 4.90 Å². The lowest BCUT2D eigenvalue weighted by Crippen LogP contribution is -2.15. The van der Waals surface area contributed by atoms with E-state index in [4.69, 9.17) is 9.72 Å². The first kappa shape index (κ1) is 29.6. The summed E-state index contributed by atoms with van der Waals surface area (Å²) in [5.74, 6) is 1.68. The molecule has 0 bridgehead atoms. The number of ether oxygens (including phenoxy) is 1. The highest BCUT2D eigenvalue weighted by Crippen LogP contribution is 2.52. The van der Waals surface area contributed by atoms with Crippen molar-refractivity contribution in [3.05, 3.63) is 160 Å². The summed E-state index contributed by atoms with van der Waals surface area (Å²) in [6.45, 7) is 0. The Bertz CT molecular complexity index is 2350. The van der Waals surface area contributed by atoms with Gasteiger partial charge in [0.2, 0.25) is 0 Å². The van der Waals surface area contributed by atoms with Gasteiger partial charge in [0.05, 0.1) is 21.9 Å². The minimum atomic E-state index is 0.264. The van der Waals surface area contributed by atoms with Gasteiger partial charge in [-0.05, 0) is 96.0 Å². The molecule has 0 saturated carbocycles. The van der Waals surface area contributed by atoms with Crippen molar-refractivity contribution < 1.29 is 4.74 Å². The molecular formula is C44H33N3OS2. The molecule has 1 N–H and O–H groups in total. The van der Waals surface area contributed by atoms with Gasteiger partial charge in [-0.2, -0.15) is 0 Å². The van der Waals surface area contributed by atoms with Crippen LogP contribution < -0.4 is 15.0 Å². The zero-order valence-corrected chi connectivity index (χ0v) is 28.9. The van der Waals surface area contributed by atoms with Crippen LogP contribution in [0.4, 0.5) is 17.1 Å². The van der Waals surface area contributed by atoms with Gasteiger partial charge < -0.3 is 15.0 Å². The standard InChI is InChI=1S/C44H33N3OS2/c1-2-8-34(9-3-1)47-37-24-22-32(28-14-18-30(19-15-28)43-45-35-10-4-6-12-41(35)49-43)26-39(37)48-40-27-33(23-25-38(40)47)29-16-20-31(21-17-29)44-46-36-11-5-7-13-42(36)50-44/h1-3,6-9,12-27,43,45H,4-5,10-11H2. The molecule has 2 aliphatic heterocycles. The number of thiazole rings is 1. The summed E-state index contributed by atoms with van der Waals surface area (Å²) in [5.41, 5.74) is 12.8. The van der Waals surface area contributed by atoms with Gasteiger partial charge in [-0.25, -0.2) is 4.98 Å². The highest BCUT2D eigenvalue weighted by Gasteiger charge is 2.28. The molecule has 0 amide bonds. The zero-order chi connectivity index (χ0) is 33.0. The average molecular weight is 684 g/mol. The highest BCUT2D eigenvalue weighted by atomic mass is 32.2. The van der Waals surface area contributed by atoms with E-state index in [1.54, 1.807) is 11.3 Å². The van der Waals surface area contributed by atoms with E-state index in [0.29, 0.717) is 0 Å². The second-order valence-corrected chi connectivity index (χ2v) is 15.2. The molecule has 6 heteroatoms. The van der Waals surface area contributed by atoms with E-state index in [1.165, 1.54) is 32.3 Å². The maximum Gasteiger partial charge on any atom is 0.152 e. The van der Waals surface area contributed by atoms with Crippen LogP contribution in [0.1, 0.15) is 40.8 Å². The molecule has 4 nitrogen and oxygen atoms in total. The number of hydrogen-bond acceptors (Lipinski definition) is 6. The van der Waals surface area contributed by atoms with E-state index in [1.807, 2.05) is 11.8 Å². The monoisotopic (exact) mass is 683 g/mol. The van der Waals surface area contributed by atoms with Gasteiger partial charge in [0.25, 0.3) is 0 Å². The lowest BCUT2D eigenvalue weighted by molar-refractivity contribution is 0.477. The number of fused-ring (bicyclic) bond motifs is 3. The fourth-order valence-electron chi connectivity index (χ4n) is 7.25. The quantitative estimate of drug-likeness (QED) is 0.195. The molecule has 5 aromatic carbocycles. The van der Waals surface area contributed by atoms with Crippen LogP contribution in [0.3, 0.4) is 0 Å². The van der Waals surface area contributed by atoms with Crippen LogP contribution in [-0.2, 0) is 6.42 Å². The van der Waals surface area contributed by atoms with Gasteiger partial charge in [0, 0.05) is 21.9 Å². The smallest absolute Gasteiger partial charge is 0.152 e. The van der Waals surface area contributed by atoms with Crippen molar-refractivity contribution in [1.82, 2.24) is 10.3 Å². The van der Waals surface area contributed by atoms with E-state index in [9.17, 15) is 0 Å². The molecule has 3 heterocycles. The molecule has 4 aliphatic rings. The Labute approximate surface area is 300 Å². The fourth-order valence-corrected chi connectivity index (χ4v) is 9.52. The van der Waals surface area contributed by atoms with E-state index in [0.717, 1.165) is 81.5 Å². The van der Waals surface area contributed by atoms with E-state index in [2.05, 4.69) is 150 Å². The van der Waals surface area contributed by atoms with Crippen molar-refractivity contribution in [3.63, 3.8) is 0 Å². The van der Waals surface area contributed by atoms with Crippen LogP contribution in [0.2, 0.25) is 0 Å². The highest BCUT2D eigenvalue weighted by molar-refractivity contribution is 8.03. The lowest BCUT2D eigenvalue weighted by Gasteiger charge is -2.33. The normalized spacial score (nSPS) is 17.0. The predicted octanol–water partition coefficient (Wildman–Crippen LogP) is 12.6. The first-order chi connectivity index (χ1) is 24.7. The average Bonchev–Trinajstić information content (AvgIpc) is 3.82. The summed E-state index contributed by atoms with van der Waals surface area (Å²) in [4.78, 5) is 9.92. The number of allylic oxidation sites excluding steroid dienone is 4. The second-order valence-electron chi connectivity index (χ2n) is 13.0. The maximum absolute atomic E-state index is 6.77. The molecule has 0 fully saturated rings. The molecule has 1 unspecified atom stereocenters. The molecule has 6 aromatic rings. The van der Waals surface area contributed by atoms with Gasteiger partial charge >= 0.3 is 0 Å². The summed E-state index contributed by atoms with van der Waals surface area (Å²) >= 11 is 3.69. The molecule has 10 rings (SSSR count). The summed E-state index contributed by atoms with van der Waals surface area (Å²) in [6, 6.07) is 41.4. The summed E-state index contributed by atoms with van der Waals surface area (Å²) in [6.07, 6.45) is 13.3. The molecule has 0 radical (unpaired) electrons. The molecule has 0 saturated heterocycles. The summed E-state index contributed by atoms with van der Waals surface area (Å²) < 4.78 is 6.77. The number of anilines is 3. The minimum Gasteiger partial charge on any atom is -0.453 e. The third-order valence-electron chi connectivity index (χ3n) is 9.87. The number of rotatable bonds is 5. The Balaban J connectivity index is 0.957. The number of aromatic nitrogens is 1. The van der Waals surface area contributed by atoms with E-state index < -0.39 is 0 Å². The summed E-state index contributed by atoms with van der Waals surface area (Å²) in [7, 11) is 0. The fraction of sp³-hybridized carbons (Fsp3) is 0.114. The van der Waals surface area contributed by atoms with Crippen molar-refractivity contribution in [3.8, 4) is 44.3 Å². The molecule has 242 valence electrons. The minimum absolute atomic E-state index is 0.264. The molecular weight excluding hydrogens is 651 g/mol. The number of thioether (sulfide) groups is 1. The number of benzene rings is 5. The second kappa shape index (κ2) is 12.2. The Kier molecular flexibility index (Phi) is 7.24. The lowest BCUT2D eigenvalue weighted by atomic mass is 10.00. The van der Waals surface area contributed by atoms with Crippen LogP contribution in [-0.4, -0.2) is 4.98 Å². The van der Waals surface area contributed by atoms with Crippen LogP contribution in [0.5, 0.6) is 11.5 Å². The number of aryl methyl sites for hydroxylation is 1. The Hall–Kier alpha value is -5.30. The predicted molar refractivity (Wildman–Crippen MR) is 209 cm³/mol. The molecule has 50 heavy (non-hydrogen) atoms. The van der Waals surface area contributed by atoms with Crippen molar-refractivity contribution >= 4 is 46.2 Å². The van der Waals surface area contributed by atoms with Crippen molar-refractivity contribution in [2.45, 2.75) is 31.1 Å². The topological polar surface area (TPSA) is 37.4 Å². The first-order valence-corrected chi connectivity index (χ1v) is 18.9.